The average molecular weight is 865 g/mol. The summed E-state index contributed by atoms with van der Waals surface area (Å²) in [5.41, 5.74) is -1.98. The van der Waals surface area contributed by atoms with Crippen molar-refractivity contribution >= 4 is 23.5 Å². The van der Waals surface area contributed by atoms with Gasteiger partial charge in [-0.05, 0) is 52.6 Å². The Hall–Kier alpha value is -5.46. The summed E-state index contributed by atoms with van der Waals surface area (Å²) < 4.78 is 23.9. The molecule has 20 nitrogen and oxygen atoms in total. The van der Waals surface area contributed by atoms with Crippen LogP contribution in [0.25, 0.3) is 0 Å². The highest BCUT2D eigenvalue weighted by Gasteiger charge is 2.60. The number of allylic oxidation sites excluding steroid dienone is 2. The molecule has 0 radical (unpaired) electrons. The maximum atomic E-state index is 15.3. The summed E-state index contributed by atoms with van der Waals surface area (Å²) in [5.74, 6) is -14.0. The third-order valence-corrected chi connectivity index (χ3v) is 12.1. The molecule has 20 heteroatoms. The van der Waals surface area contributed by atoms with Crippen LogP contribution in [0.1, 0.15) is 75.5 Å². The number of carbonyl (C=O) groups excluding carboxylic acids is 2. The minimum absolute atomic E-state index is 0.0188. The molecule has 0 amide bonds. The fourth-order valence-corrected chi connectivity index (χ4v) is 9.15. The van der Waals surface area contributed by atoms with E-state index in [1.807, 2.05) is 0 Å². The molecular weight excluding hydrogens is 824 g/mol. The van der Waals surface area contributed by atoms with Crippen molar-refractivity contribution in [2.24, 2.45) is 5.92 Å². The Balaban J connectivity index is 1.40. The lowest BCUT2D eigenvalue weighted by Gasteiger charge is -2.51. The first-order valence-corrected chi connectivity index (χ1v) is 19.2. The lowest BCUT2D eigenvalue weighted by Crippen LogP contribution is -2.65. The van der Waals surface area contributed by atoms with Crippen LogP contribution in [0.3, 0.4) is 0 Å². The van der Waals surface area contributed by atoms with E-state index in [1.165, 1.54) is 30.4 Å². The van der Waals surface area contributed by atoms with Gasteiger partial charge in [-0.15, -0.1) is 0 Å². The highest BCUT2D eigenvalue weighted by Crippen LogP contribution is 2.59. The number of Topliss-reactive ketones (excluding diaryl/α,β-unsaturated/α-hetero) is 1. The lowest BCUT2D eigenvalue weighted by molar-refractivity contribution is -0.406. The SMILES string of the molecule is O=C(O)c1cc(O)c2c(c1)C(C1c3ccccc3C(=O)c3c(O)cc(C(=O)O)cc31)C1=CC=CC(O[C@@H]3O[C@H](CO)[C@@H](O)[C@H](O)[C@H]3O)(O[C@@H]3O[C@H](CO)[C@@H](O)[C@H](O)[C@H]3O)C1C2=O. The molecule has 12 N–H and O–H groups in total. The van der Waals surface area contributed by atoms with E-state index in [-0.39, 0.29) is 33.4 Å². The van der Waals surface area contributed by atoms with Crippen molar-refractivity contribution < 1.29 is 99.4 Å². The second-order valence-electron chi connectivity index (χ2n) is 15.6. The van der Waals surface area contributed by atoms with Crippen LogP contribution in [0, 0.1) is 5.92 Å². The molecule has 2 aliphatic heterocycles. The zero-order valence-electron chi connectivity index (χ0n) is 31.9. The number of fused-ring (bicyclic) bond motifs is 4. The molecule has 2 heterocycles. The lowest BCUT2D eigenvalue weighted by atomic mass is 9.59. The molecule has 5 aliphatic rings. The van der Waals surface area contributed by atoms with Crippen molar-refractivity contribution in [1.29, 1.82) is 0 Å². The number of carboxylic acids is 2. The second kappa shape index (κ2) is 16.0. The first-order chi connectivity index (χ1) is 29.4. The molecule has 3 unspecified atom stereocenters. The van der Waals surface area contributed by atoms with Gasteiger partial charge in [0.05, 0.1) is 35.5 Å². The number of carbonyl (C=O) groups is 4. The molecule has 0 spiro atoms. The fraction of sp³-hybridized carbons (Fsp3) is 0.381. The Morgan fingerprint density at radius 2 is 1.15 bits per heavy atom. The number of benzene rings is 3. The first-order valence-electron chi connectivity index (χ1n) is 19.2. The van der Waals surface area contributed by atoms with Crippen LogP contribution >= 0.6 is 0 Å². The number of aromatic hydroxyl groups is 2. The van der Waals surface area contributed by atoms with Crippen LogP contribution in [0.15, 0.2) is 72.3 Å². The molecule has 2 fully saturated rings. The summed E-state index contributed by atoms with van der Waals surface area (Å²) >= 11 is 0. The van der Waals surface area contributed by atoms with Crippen LogP contribution in [-0.4, -0.2) is 165 Å². The van der Waals surface area contributed by atoms with Gasteiger partial charge in [0.15, 0.2) is 24.1 Å². The summed E-state index contributed by atoms with van der Waals surface area (Å²) in [5, 5.41) is 128. The Morgan fingerprint density at radius 1 is 0.645 bits per heavy atom. The van der Waals surface area contributed by atoms with Gasteiger partial charge in [-0.1, -0.05) is 36.4 Å². The van der Waals surface area contributed by atoms with Gasteiger partial charge in [-0.3, -0.25) is 9.59 Å². The van der Waals surface area contributed by atoms with Crippen LogP contribution in [0.4, 0.5) is 0 Å². The highest BCUT2D eigenvalue weighted by molar-refractivity contribution is 6.15. The summed E-state index contributed by atoms with van der Waals surface area (Å²) in [6.45, 7) is -1.87. The van der Waals surface area contributed by atoms with Gasteiger partial charge in [-0.25, -0.2) is 9.59 Å². The minimum atomic E-state index is -2.80. The van der Waals surface area contributed by atoms with Crippen LogP contribution in [0.2, 0.25) is 0 Å². The van der Waals surface area contributed by atoms with Crippen LogP contribution in [-0.2, 0) is 18.9 Å². The van der Waals surface area contributed by atoms with Crippen LogP contribution in [0.5, 0.6) is 11.5 Å². The quantitative estimate of drug-likeness (QED) is 0.110. The number of hydrogen-bond acceptors (Lipinski definition) is 18. The smallest absolute Gasteiger partial charge is 0.335 e. The predicted octanol–water partition coefficient (Wildman–Crippen LogP) is -1.41. The van der Waals surface area contributed by atoms with Crippen LogP contribution < -0.4 is 0 Å². The number of carboxylic acid groups (broad SMARTS) is 2. The fourth-order valence-electron chi connectivity index (χ4n) is 9.15. The number of aromatic carboxylic acids is 2. The highest BCUT2D eigenvalue weighted by atomic mass is 16.8. The number of aliphatic hydroxyl groups excluding tert-OH is 8. The van der Waals surface area contributed by atoms with Crippen molar-refractivity contribution in [3.05, 3.63) is 117 Å². The summed E-state index contributed by atoms with van der Waals surface area (Å²) in [6.07, 6.45) is -16.0. The van der Waals surface area contributed by atoms with Crippen molar-refractivity contribution in [2.75, 3.05) is 13.2 Å². The van der Waals surface area contributed by atoms with E-state index in [9.17, 15) is 75.7 Å². The summed E-state index contributed by atoms with van der Waals surface area (Å²) in [6, 6.07) is 9.88. The van der Waals surface area contributed by atoms with E-state index in [1.54, 1.807) is 6.07 Å². The van der Waals surface area contributed by atoms with Gasteiger partial charge < -0.3 is 80.2 Å². The van der Waals surface area contributed by atoms with Gasteiger partial charge in [0.25, 0.3) is 0 Å². The van der Waals surface area contributed by atoms with E-state index in [0.29, 0.717) is 0 Å². The maximum absolute atomic E-state index is 15.3. The Morgan fingerprint density at radius 3 is 1.66 bits per heavy atom. The molecule has 0 saturated carbocycles. The first kappa shape index (κ1) is 43.2. The van der Waals surface area contributed by atoms with Gasteiger partial charge in [0.1, 0.15) is 66.2 Å². The standard InChI is InChI=1S/C42H40O20/c43-12-23-31(48)34(51)36(53)40(59-23)61-42(62-41-37(54)35(52)32(49)24(13-44)60-41)7-3-6-18-26(20-9-15(39(57)58)11-22(46)28(20)33(50)29(18)42)25-16-4-1-2-5-17(16)30(47)27-19(25)8-14(38(55)56)10-21(27)45/h1-11,23-26,29,31-32,34-37,40-41,43-46,48-49,51-54H,12-13H2,(H,55,56)(H,57,58)/t23-,24-,25?,26?,29?,31-,32-,34+,35+,36-,37-,40+,41+/m1/s1. The third-order valence-electron chi connectivity index (χ3n) is 12.1. The number of hydrogen-bond donors (Lipinski definition) is 12. The topological polar surface area (TPSA) is 348 Å². The van der Waals surface area contributed by atoms with E-state index < -0.39 is 150 Å². The largest absolute Gasteiger partial charge is 0.507 e. The number of aliphatic hydroxyl groups is 8. The molecule has 328 valence electrons. The molecule has 62 heavy (non-hydrogen) atoms. The maximum Gasteiger partial charge on any atom is 0.335 e. The number of ether oxygens (including phenoxy) is 4. The molecule has 2 saturated heterocycles. The van der Waals surface area contributed by atoms with Crippen molar-refractivity contribution in [2.45, 2.75) is 79.0 Å². The van der Waals surface area contributed by atoms with Crippen molar-refractivity contribution in [3.63, 3.8) is 0 Å². The molecule has 8 rings (SSSR count). The molecule has 3 aromatic carbocycles. The number of rotatable bonds is 9. The Labute approximate surface area is 349 Å². The monoisotopic (exact) mass is 864 g/mol. The molecule has 13 atom stereocenters. The van der Waals surface area contributed by atoms with E-state index in [2.05, 4.69) is 0 Å². The van der Waals surface area contributed by atoms with E-state index >= 15 is 4.79 Å². The van der Waals surface area contributed by atoms with Crippen molar-refractivity contribution in [1.82, 2.24) is 0 Å². The van der Waals surface area contributed by atoms with E-state index in [0.717, 1.165) is 30.3 Å². The van der Waals surface area contributed by atoms with Gasteiger partial charge in [0.2, 0.25) is 5.79 Å². The van der Waals surface area contributed by atoms with E-state index in [4.69, 9.17) is 18.9 Å². The normalized spacial score (nSPS) is 33.4. The second-order valence-corrected chi connectivity index (χ2v) is 15.6. The summed E-state index contributed by atoms with van der Waals surface area (Å²) in [7, 11) is 0. The molecule has 0 bridgehead atoms. The predicted molar refractivity (Wildman–Crippen MR) is 202 cm³/mol. The van der Waals surface area contributed by atoms with Gasteiger partial charge >= 0.3 is 11.9 Å². The molecule has 3 aliphatic carbocycles. The van der Waals surface area contributed by atoms with Crippen molar-refractivity contribution in [3.8, 4) is 11.5 Å². The Kier molecular flexibility index (Phi) is 11.2. The molecular formula is C42H40O20. The number of ketones is 2. The van der Waals surface area contributed by atoms with Gasteiger partial charge in [0, 0.05) is 17.4 Å². The third kappa shape index (κ3) is 6.72. The average Bonchev–Trinajstić information content (AvgIpc) is 3.24. The zero-order chi connectivity index (χ0) is 44.7. The Bertz CT molecular complexity index is 2370. The molecule has 0 aromatic heterocycles. The number of phenols is 2. The van der Waals surface area contributed by atoms with Gasteiger partial charge in [-0.2, -0.15) is 0 Å². The number of phenolic OH excluding ortho intramolecular Hbond substituents is 2. The summed E-state index contributed by atoms with van der Waals surface area (Å²) in [4.78, 5) is 54.3. The zero-order valence-corrected chi connectivity index (χ0v) is 31.9. The minimum Gasteiger partial charge on any atom is -0.507 e. The molecule has 3 aromatic rings.